The number of carbonyl (C=O) groups excluding carboxylic acids is 1. The Morgan fingerprint density at radius 2 is 2.05 bits per heavy atom. The van der Waals surface area contributed by atoms with E-state index in [-0.39, 0.29) is 5.69 Å². The number of urea groups is 1. The number of carboxylic acid groups (broad SMARTS) is 1. The number of benzene rings is 1. The van der Waals surface area contributed by atoms with Gasteiger partial charge in [0.2, 0.25) is 0 Å². The van der Waals surface area contributed by atoms with Crippen molar-refractivity contribution in [2.24, 2.45) is 0 Å². The Morgan fingerprint density at radius 3 is 2.52 bits per heavy atom. The van der Waals surface area contributed by atoms with Crippen LogP contribution in [0.2, 0.25) is 0 Å². The van der Waals surface area contributed by atoms with Crippen LogP contribution in [0.3, 0.4) is 0 Å². The molecule has 6 heteroatoms. The first-order valence-electron chi connectivity index (χ1n) is 6.39. The molecule has 1 aromatic rings. The lowest BCUT2D eigenvalue weighted by Crippen LogP contribution is -2.47. The van der Waals surface area contributed by atoms with Crippen LogP contribution in [-0.4, -0.2) is 34.1 Å². The van der Waals surface area contributed by atoms with E-state index in [1.54, 1.807) is 6.08 Å². The number of carbonyl (C=O) groups is 2. The molecule has 114 valence electrons. The largest absolute Gasteiger partial charge is 0.478 e. The Morgan fingerprint density at radius 1 is 1.43 bits per heavy atom. The first-order chi connectivity index (χ1) is 9.66. The number of carboxylic acids is 1. The molecule has 0 aromatic heterocycles. The van der Waals surface area contributed by atoms with Crippen molar-refractivity contribution >= 4 is 17.7 Å². The first-order valence-corrected chi connectivity index (χ1v) is 6.39. The molecule has 0 heterocycles. The van der Waals surface area contributed by atoms with Crippen LogP contribution in [0.1, 0.15) is 31.1 Å². The quantitative estimate of drug-likeness (QED) is 0.837. The number of nitrogens with zero attached hydrogens (tertiary/aromatic N) is 1. The van der Waals surface area contributed by atoms with E-state index in [0.717, 1.165) is 12.1 Å². The lowest BCUT2D eigenvalue weighted by atomic mass is 10.1. The van der Waals surface area contributed by atoms with Gasteiger partial charge in [-0.1, -0.05) is 6.08 Å². The van der Waals surface area contributed by atoms with Crippen molar-refractivity contribution in [2.75, 3.05) is 11.9 Å². The van der Waals surface area contributed by atoms with Gasteiger partial charge in [-0.15, -0.1) is 6.58 Å². The lowest BCUT2D eigenvalue weighted by molar-refractivity contribution is 0.0692. The molecule has 0 saturated carbocycles. The van der Waals surface area contributed by atoms with Crippen LogP contribution in [0, 0.1) is 5.82 Å². The molecule has 1 aromatic carbocycles. The van der Waals surface area contributed by atoms with Gasteiger partial charge in [-0.2, -0.15) is 0 Å². The van der Waals surface area contributed by atoms with Gasteiger partial charge in [-0.05, 0) is 39.0 Å². The predicted octanol–water partition coefficient (Wildman–Crippen LogP) is 3.34. The SMILES string of the molecule is C=CCN(C(=O)Nc1ccc(F)c(C(=O)O)c1)C(C)(C)C. The third-order valence-corrected chi connectivity index (χ3v) is 2.81. The average molecular weight is 294 g/mol. The van der Waals surface area contributed by atoms with E-state index in [9.17, 15) is 14.0 Å². The molecular formula is C15H19FN2O3. The summed E-state index contributed by atoms with van der Waals surface area (Å²) in [6, 6.07) is 3.00. The highest BCUT2D eigenvalue weighted by Crippen LogP contribution is 2.18. The fourth-order valence-electron chi connectivity index (χ4n) is 1.75. The molecule has 0 aliphatic heterocycles. The van der Waals surface area contributed by atoms with Crippen LogP contribution in [0.5, 0.6) is 0 Å². The van der Waals surface area contributed by atoms with Crippen molar-refractivity contribution in [3.05, 3.63) is 42.2 Å². The van der Waals surface area contributed by atoms with Crippen molar-refractivity contribution < 1.29 is 19.1 Å². The zero-order valence-corrected chi connectivity index (χ0v) is 12.3. The minimum Gasteiger partial charge on any atom is -0.478 e. The Labute approximate surface area is 123 Å². The maximum absolute atomic E-state index is 13.3. The van der Waals surface area contributed by atoms with Crippen LogP contribution >= 0.6 is 0 Å². The third kappa shape index (κ3) is 4.30. The molecule has 0 radical (unpaired) electrons. The minimum atomic E-state index is -1.39. The average Bonchev–Trinajstić information content (AvgIpc) is 2.36. The summed E-state index contributed by atoms with van der Waals surface area (Å²) in [7, 11) is 0. The van der Waals surface area contributed by atoms with Crippen LogP contribution in [0.15, 0.2) is 30.9 Å². The van der Waals surface area contributed by atoms with Crippen molar-refractivity contribution in [1.82, 2.24) is 4.90 Å². The standard InChI is InChI=1S/C15H19FN2O3/c1-5-8-18(15(2,3)4)14(21)17-10-6-7-12(16)11(9-10)13(19)20/h5-7,9H,1,8H2,2-4H3,(H,17,21)(H,19,20). The number of hydrogen-bond acceptors (Lipinski definition) is 2. The molecule has 0 unspecified atom stereocenters. The molecule has 2 N–H and O–H groups in total. The molecule has 0 aliphatic carbocycles. The van der Waals surface area contributed by atoms with Crippen molar-refractivity contribution in [3.63, 3.8) is 0 Å². The van der Waals surface area contributed by atoms with Crippen LogP contribution in [0.25, 0.3) is 0 Å². The van der Waals surface area contributed by atoms with Gasteiger partial charge in [0.15, 0.2) is 0 Å². The number of anilines is 1. The van der Waals surface area contributed by atoms with Gasteiger partial charge in [0, 0.05) is 17.8 Å². The fourth-order valence-corrected chi connectivity index (χ4v) is 1.75. The number of aromatic carboxylic acids is 1. The Hall–Kier alpha value is -2.37. The van der Waals surface area contributed by atoms with Crippen LogP contribution < -0.4 is 5.32 Å². The molecule has 0 spiro atoms. The summed E-state index contributed by atoms with van der Waals surface area (Å²) in [6.07, 6.45) is 1.60. The molecule has 0 aliphatic rings. The molecule has 0 bridgehead atoms. The third-order valence-electron chi connectivity index (χ3n) is 2.81. The van der Waals surface area contributed by atoms with Crippen molar-refractivity contribution in [3.8, 4) is 0 Å². The Bertz CT molecular complexity index is 565. The Kier molecular flexibility index (Phi) is 5.07. The lowest BCUT2D eigenvalue weighted by Gasteiger charge is -2.34. The highest BCUT2D eigenvalue weighted by atomic mass is 19.1. The highest BCUT2D eigenvalue weighted by molar-refractivity contribution is 5.93. The Balaban J connectivity index is 2.99. The van der Waals surface area contributed by atoms with E-state index < -0.39 is 28.9 Å². The highest BCUT2D eigenvalue weighted by Gasteiger charge is 2.25. The second-order valence-electron chi connectivity index (χ2n) is 5.50. The fraction of sp³-hybridized carbons (Fsp3) is 0.333. The minimum absolute atomic E-state index is 0.220. The summed E-state index contributed by atoms with van der Waals surface area (Å²) < 4.78 is 13.3. The summed E-state index contributed by atoms with van der Waals surface area (Å²) in [6.45, 7) is 9.53. The normalized spacial score (nSPS) is 10.9. The second kappa shape index (κ2) is 6.39. The zero-order valence-electron chi connectivity index (χ0n) is 12.3. The number of nitrogens with one attached hydrogen (secondary N) is 1. The topological polar surface area (TPSA) is 69.6 Å². The number of amides is 2. The molecule has 0 saturated heterocycles. The van der Waals surface area contributed by atoms with Gasteiger partial charge in [-0.25, -0.2) is 14.0 Å². The van der Waals surface area contributed by atoms with Gasteiger partial charge in [-0.3, -0.25) is 0 Å². The van der Waals surface area contributed by atoms with Crippen LogP contribution in [0.4, 0.5) is 14.9 Å². The van der Waals surface area contributed by atoms with Crippen LogP contribution in [-0.2, 0) is 0 Å². The number of halogens is 1. The monoisotopic (exact) mass is 294 g/mol. The maximum Gasteiger partial charge on any atom is 0.338 e. The van der Waals surface area contributed by atoms with E-state index in [0.29, 0.717) is 6.54 Å². The summed E-state index contributed by atoms with van der Waals surface area (Å²) in [5, 5.41) is 11.4. The van der Waals surface area contributed by atoms with E-state index in [2.05, 4.69) is 11.9 Å². The van der Waals surface area contributed by atoms with Gasteiger partial charge in [0.25, 0.3) is 0 Å². The zero-order chi connectivity index (χ0) is 16.2. The molecule has 5 nitrogen and oxygen atoms in total. The van der Waals surface area contributed by atoms with Crippen molar-refractivity contribution in [2.45, 2.75) is 26.3 Å². The van der Waals surface area contributed by atoms with Gasteiger partial charge < -0.3 is 15.3 Å². The van der Waals surface area contributed by atoms with Gasteiger partial charge in [0.1, 0.15) is 5.82 Å². The molecule has 0 atom stereocenters. The van der Waals surface area contributed by atoms with E-state index >= 15 is 0 Å². The predicted molar refractivity (Wildman–Crippen MR) is 79.0 cm³/mol. The smallest absolute Gasteiger partial charge is 0.338 e. The molecular weight excluding hydrogens is 275 g/mol. The maximum atomic E-state index is 13.3. The summed E-state index contributed by atoms with van der Waals surface area (Å²) in [4.78, 5) is 24.7. The summed E-state index contributed by atoms with van der Waals surface area (Å²) >= 11 is 0. The molecule has 21 heavy (non-hydrogen) atoms. The first kappa shape index (κ1) is 16.7. The van der Waals surface area contributed by atoms with E-state index in [1.807, 2.05) is 20.8 Å². The number of rotatable bonds is 4. The van der Waals surface area contributed by atoms with Gasteiger partial charge >= 0.3 is 12.0 Å². The summed E-state index contributed by atoms with van der Waals surface area (Å²) in [5.74, 6) is -2.23. The summed E-state index contributed by atoms with van der Waals surface area (Å²) in [5.41, 5.74) is -0.704. The molecule has 2 amide bonds. The van der Waals surface area contributed by atoms with E-state index in [1.165, 1.54) is 11.0 Å². The molecule has 1 rings (SSSR count). The van der Waals surface area contributed by atoms with E-state index in [4.69, 9.17) is 5.11 Å². The van der Waals surface area contributed by atoms with Crippen molar-refractivity contribution in [1.29, 1.82) is 0 Å². The number of hydrogen-bond donors (Lipinski definition) is 2. The van der Waals surface area contributed by atoms with Gasteiger partial charge in [0.05, 0.1) is 5.56 Å². The second-order valence-corrected chi connectivity index (χ2v) is 5.50. The molecule has 0 fully saturated rings.